The number of nitrogens with zero attached hydrogens (tertiary/aromatic N) is 3. The van der Waals surface area contributed by atoms with Crippen molar-refractivity contribution in [3.8, 4) is 5.75 Å². The van der Waals surface area contributed by atoms with E-state index in [0.29, 0.717) is 44.3 Å². The van der Waals surface area contributed by atoms with Gasteiger partial charge in [-0.25, -0.2) is 17.7 Å². The molecular weight excluding hydrogens is 465 g/mol. The Morgan fingerprint density at radius 1 is 1.06 bits per heavy atom. The van der Waals surface area contributed by atoms with Gasteiger partial charge < -0.3 is 9.47 Å². The van der Waals surface area contributed by atoms with Gasteiger partial charge in [0.25, 0.3) is 5.91 Å². The van der Waals surface area contributed by atoms with Crippen LogP contribution in [0.5, 0.6) is 5.75 Å². The molecule has 2 heterocycles. The lowest BCUT2D eigenvalue weighted by molar-refractivity contribution is -0.122. The largest absolute Gasteiger partial charge is 0.497 e. The van der Waals surface area contributed by atoms with Crippen LogP contribution in [0.4, 0.5) is 10.1 Å². The van der Waals surface area contributed by atoms with E-state index >= 15 is 0 Å². The summed E-state index contributed by atoms with van der Waals surface area (Å²) in [5.41, 5.74) is 0.339. The van der Waals surface area contributed by atoms with Crippen LogP contribution in [0.3, 0.4) is 0 Å². The number of anilines is 1. The van der Waals surface area contributed by atoms with Crippen LogP contribution in [0.15, 0.2) is 53.4 Å². The minimum absolute atomic E-state index is 0.000150. The van der Waals surface area contributed by atoms with Crippen LogP contribution >= 0.6 is 0 Å². The number of sulfonamides is 1. The highest BCUT2D eigenvalue weighted by molar-refractivity contribution is 7.89. The van der Waals surface area contributed by atoms with E-state index in [4.69, 9.17) is 9.47 Å². The number of hydrogen-bond acceptors (Lipinski definition) is 7. The summed E-state index contributed by atoms with van der Waals surface area (Å²) in [5, 5.41) is 0. The van der Waals surface area contributed by atoms with Gasteiger partial charge in [-0.1, -0.05) is 0 Å². The molecule has 182 valence electrons. The normalized spacial score (nSPS) is 19.7. The summed E-state index contributed by atoms with van der Waals surface area (Å²) in [6.45, 7) is 2.72. The van der Waals surface area contributed by atoms with E-state index in [9.17, 15) is 22.4 Å². The maximum atomic E-state index is 13.5. The molecular formula is C23H26FN3O6S. The molecule has 2 aliphatic heterocycles. The Bertz CT molecular complexity index is 1130. The second kappa shape index (κ2) is 10.2. The minimum Gasteiger partial charge on any atom is -0.497 e. The number of morpholine rings is 1. The number of carbonyl (C=O) groups excluding carboxylic acids is 2. The van der Waals surface area contributed by atoms with Gasteiger partial charge in [-0.15, -0.1) is 0 Å². The Morgan fingerprint density at radius 3 is 2.32 bits per heavy atom. The van der Waals surface area contributed by atoms with E-state index < -0.39 is 33.7 Å². The van der Waals surface area contributed by atoms with Crippen molar-refractivity contribution in [2.24, 2.45) is 0 Å². The van der Waals surface area contributed by atoms with Crippen LogP contribution in [0, 0.1) is 5.82 Å². The molecule has 0 bridgehead atoms. The van der Waals surface area contributed by atoms with Crippen molar-refractivity contribution in [2.45, 2.75) is 17.4 Å². The lowest BCUT2D eigenvalue weighted by Gasteiger charge is -2.31. The van der Waals surface area contributed by atoms with Crippen LogP contribution in [-0.2, 0) is 24.3 Å². The number of methoxy groups -OCH3 is 1. The molecule has 0 aromatic heterocycles. The lowest BCUT2D eigenvalue weighted by atomic mass is 10.2. The molecule has 2 amide bonds. The Kier molecular flexibility index (Phi) is 7.27. The van der Waals surface area contributed by atoms with Crippen molar-refractivity contribution in [2.75, 3.05) is 51.4 Å². The van der Waals surface area contributed by atoms with E-state index in [2.05, 4.69) is 0 Å². The lowest BCUT2D eigenvalue weighted by Crippen LogP contribution is -2.49. The van der Waals surface area contributed by atoms with Gasteiger partial charge in [0.1, 0.15) is 17.6 Å². The number of halogens is 1. The molecule has 11 heteroatoms. The summed E-state index contributed by atoms with van der Waals surface area (Å²) in [6, 6.07) is 9.61. The Labute approximate surface area is 197 Å². The number of hydrogen-bond donors (Lipinski definition) is 0. The number of benzene rings is 2. The van der Waals surface area contributed by atoms with Gasteiger partial charge in [0.15, 0.2) is 0 Å². The van der Waals surface area contributed by atoms with Gasteiger partial charge in [0.05, 0.1) is 37.3 Å². The van der Waals surface area contributed by atoms with Crippen molar-refractivity contribution in [3.63, 3.8) is 0 Å². The summed E-state index contributed by atoms with van der Waals surface area (Å²) in [4.78, 5) is 29.1. The van der Waals surface area contributed by atoms with Gasteiger partial charge in [-0.2, -0.15) is 4.31 Å². The number of ether oxygens (including phenoxy) is 2. The topological polar surface area (TPSA) is 96.5 Å². The third kappa shape index (κ3) is 4.97. The van der Waals surface area contributed by atoms with Crippen molar-refractivity contribution in [1.82, 2.24) is 9.21 Å². The molecule has 0 saturated carbocycles. The zero-order chi connectivity index (χ0) is 24.3. The highest BCUT2D eigenvalue weighted by Crippen LogP contribution is 2.30. The van der Waals surface area contributed by atoms with Gasteiger partial charge in [0, 0.05) is 26.2 Å². The average Bonchev–Trinajstić information content (AvgIpc) is 3.13. The first-order chi connectivity index (χ1) is 16.3. The first kappa shape index (κ1) is 24.3. The number of rotatable bonds is 8. The van der Waals surface area contributed by atoms with Gasteiger partial charge in [0.2, 0.25) is 15.9 Å². The molecule has 0 aliphatic carbocycles. The molecule has 34 heavy (non-hydrogen) atoms. The van der Waals surface area contributed by atoms with Crippen LogP contribution in [0.1, 0.15) is 6.42 Å². The molecule has 4 rings (SSSR count). The molecule has 0 spiro atoms. The standard InChI is InChI=1S/C23H26FN3O6S/c1-32-19-6-4-18(5-7-19)27-22(28)16-21(23(27)29)26(11-10-25-12-14-33-15-13-25)34(30,31)20-8-2-17(24)3-9-20/h2-9,21H,10-16H2,1H3. The molecule has 2 saturated heterocycles. The Morgan fingerprint density at radius 2 is 1.71 bits per heavy atom. The smallest absolute Gasteiger partial charge is 0.252 e. The SMILES string of the molecule is COc1ccc(N2C(=O)CC(N(CCN3CCOCC3)S(=O)(=O)c3ccc(F)cc3)C2=O)cc1. The molecule has 1 unspecified atom stereocenters. The van der Waals surface area contributed by atoms with E-state index in [1.807, 2.05) is 4.90 Å². The van der Waals surface area contributed by atoms with Crippen LogP contribution in [-0.4, -0.2) is 82.0 Å². The summed E-state index contributed by atoms with van der Waals surface area (Å²) in [6.07, 6.45) is -0.283. The van der Waals surface area contributed by atoms with Crippen LogP contribution in [0.2, 0.25) is 0 Å². The zero-order valence-corrected chi connectivity index (χ0v) is 19.5. The van der Waals surface area contributed by atoms with Crippen molar-refractivity contribution < 1.29 is 31.9 Å². The third-order valence-electron chi connectivity index (χ3n) is 5.96. The maximum Gasteiger partial charge on any atom is 0.252 e. The summed E-state index contributed by atoms with van der Waals surface area (Å²) in [7, 11) is -2.68. The zero-order valence-electron chi connectivity index (χ0n) is 18.7. The molecule has 2 fully saturated rings. The molecule has 0 radical (unpaired) electrons. The second-order valence-electron chi connectivity index (χ2n) is 8.01. The highest BCUT2D eigenvalue weighted by Gasteiger charge is 2.47. The predicted octanol–water partition coefficient (Wildman–Crippen LogP) is 1.49. The number of imide groups is 1. The monoisotopic (exact) mass is 491 g/mol. The van der Waals surface area contributed by atoms with Gasteiger partial charge in [-0.05, 0) is 48.5 Å². The molecule has 0 N–H and O–H groups in total. The van der Waals surface area contributed by atoms with Crippen molar-refractivity contribution in [1.29, 1.82) is 0 Å². The van der Waals surface area contributed by atoms with E-state index in [1.165, 1.54) is 7.11 Å². The summed E-state index contributed by atoms with van der Waals surface area (Å²) in [5.74, 6) is -1.13. The Balaban J connectivity index is 1.63. The number of amides is 2. The maximum absolute atomic E-state index is 13.5. The van der Waals surface area contributed by atoms with Gasteiger partial charge in [-0.3, -0.25) is 14.5 Å². The summed E-state index contributed by atoms with van der Waals surface area (Å²) >= 11 is 0. The fourth-order valence-corrected chi connectivity index (χ4v) is 5.67. The number of carbonyl (C=O) groups is 2. The van der Waals surface area contributed by atoms with Crippen LogP contribution in [0.25, 0.3) is 0 Å². The Hall–Kier alpha value is -2.86. The fraction of sp³-hybridized carbons (Fsp3) is 0.391. The fourth-order valence-electron chi connectivity index (χ4n) is 4.09. The molecule has 2 aromatic rings. The van der Waals surface area contributed by atoms with Gasteiger partial charge >= 0.3 is 0 Å². The van der Waals surface area contributed by atoms with E-state index in [-0.39, 0.29) is 17.9 Å². The highest BCUT2D eigenvalue weighted by atomic mass is 32.2. The molecule has 1 atom stereocenters. The van der Waals surface area contributed by atoms with Crippen molar-refractivity contribution >= 4 is 27.5 Å². The average molecular weight is 492 g/mol. The van der Waals surface area contributed by atoms with E-state index in [1.54, 1.807) is 24.3 Å². The predicted molar refractivity (Wildman–Crippen MR) is 121 cm³/mol. The first-order valence-electron chi connectivity index (χ1n) is 10.9. The minimum atomic E-state index is -4.19. The van der Waals surface area contributed by atoms with Crippen LogP contribution < -0.4 is 9.64 Å². The quantitative estimate of drug-likeness (QED) is 0.516. The molecule has 2 aromatic carbocycles. The second-order valence-corrected chi connectivity index (χ2v) is 9.90. The first-order valence-corrected chi connectivity index (χ1v) is 12.3. The third-order valence-corrected chi connectivity index (χ3v) is 7.88. The molecule has 2 aliphatic rings. The molecule has 9 nitrogen and oxygen atoms in total. The van der Waals surface area contributed by atoms with E-state index in [0.717, 1.165) is 33.5 Å². The summed E-state index contributed by atoms with van der Waals surface area (Å²) < 4.78 is 52.1. The van der Waals surface area contributed by atoms with Crippen molar-refractivity contribution in [3.05, 3.63) is 54.3 Å².